The van der Waals surface area contributed by atoms with Crippen molar-refractivity contribution in [3.63, 3.8) is 0 Å². The number of aromatic hydroxyl groups is 3. The SMILES string of the molecule is CN(C)C1C(=O)C(C(N)=O)=C(O)[C@@]2(O)C(=O)C3=C(O)c4c(O)ccc(-c5ccc(CNCCF)cc5)c4C[C@H]3C[C@@H]12.CN(C)[C@@H]1C(=O)C(C(N)=O)=C(O)[C@@]2(O)C(=O)C3=C(O)c4c(O)ccc(-c5ccc(CNc6ccccc6)cc5)c4C[C@H]3C[C@@H]12.COc1ccc(CNCCC#N)cc1-c1ccc(O)c2c1C[C@H]1C[C@H]3[C@H](N(C)C)C(=O)C(C(N)=O)=C(O)[C@@]3(O)C(=O)C1=C2O. The van der Waals surface area contributed by atoms with Gasteiger partial charge in [-0.1, -0.05) is 91.0 Å². The molecule has 21 N–H and O–H groups in total. The predicted octanol–water partition coefficient (Wildman–Crippen LogP) is 6.58. The Kier molecular flexibility index (Phi) is 25.2. The number of Topliss-reactive ketones (excluding diaryl/α,β-unsaturated/α-hetero) is 6. The van der Waals surface area contributed by atoms with Gasteiger partial charge >= 0.3 is 0 Å². The number of halogens is 1. The molecule has 9 aliphatic rings. The zero-order chi connectivity index (χ0) is 93.4. The number of nitriles is 1. The summed E-state index contributed by atoms with van der Waals surface area (Å²) in [5.41, 5.74) is 15.1. The molecule has 3 saturated carbocycles. The molecule has 129 heavy (non-hydrogen) atoms. The number of phenolic OH excluding ortho intramolecular Hbond substituents is 3. The number of para-hydroxylation sites is 1. The van der Waals surface area contributed by atoms with E-state index in [0.29, 0.717) is 71.7 Å². The van der Waals surface area contributed by atoms with E-state index >= 15 is 0 Å². The van der Waals surface area contributed by atoms with Crippen LogP contribution in [-0.2, 0) is 82.0 Å². The van der Waals surface area contributed by atoms with E-state index in [1.165, 1.54) is 40.0 Å². The zero-order valence-corrected chi connectivity index (χ0v) is 71.4. The molecule has 7 aromatic rings. The molecule has 672 valence electrons. The number of alkyl halides is 1. The van der Waals surface area contributed by atoms with Gasteiger partial charge in [0, 0.05) is 84.9 Å². The first-order valence-electron chi connectivity index (χ1n) is 41.7. The standard InChI is InChI=1S/C34H33N3O7.C32H34N4O8.C30H32FN3O7/c1-37(2)28-23-15-19-14-22-21(18-10-8-17(9-11-18)16-36-20-6-4-3-5-7-20)12-13-24(38)26(22)29(39)25(19)31(41)34(23,44)32(42)27(30(28)40)33(35)43;1-36(2)26-20-13-16-12-19-17(18-11-15(5-8-22(18)44-3)14-35-10-4-9-33)6-7-21(37)24(19)27(38)23(16)29(40)32(20,43)30(41)25(28(26)39)31(34)42;1-34(2)24-19-12-16-11-18-17(15-5-3-14(4-6-15)13-33-10-9-31)7-8-20(35)22(18)25(36)21(16)27(38)30(19,41)28(39)23(26(24)37)29(32)40/h3-13,19,23,28,36,38-39,42,44H,14-16H2,1-2H3,(H2,35,43);5-8,11,16,20,26,35,37-38,41,43H,4,10,12-14H2,1-3H3,(H2,34,42);3-8,16,19,24,33,35-36,39,41H,9-13H2,1-2H3,(H2,32,40)/t19-,23-,28-,34-;16-,20-,26-,32-;16-,19-,24?,30-/m000/s1. The van der Waals surface area contributed by atoms with E-state index in [1.54, 1.807) is 66.6 Å². The van der Waals surface area contributed by atoms with Crippen molar-refractivity contribution in [2.75, 3.05) is 74.5 Å². The Balaban J connectivity index is 0.000000156. The molecule has 0 aromatic heterocycles. The van der Waals surface area contributed by atoms with Crippen molar-refractivity contribution in [1.29, 1.82) is 5.26 Å². The normalized spacial score (nSPS) is 24.9. The van der Waals surface area contributed by atoms with Gasteiger partial charge in [0.1, 0.15) is 80.9 Å². The van der Waals surface area contributed by atoms with Crippen molar-refractivity contribution in [2.45, 2.75) is 99.5 Å². The van der Waals surface area contributed by atoms with Gasteiger partial charge in [-0.2, -0.15) is 5.26 Å². The molecule has 0 aliphatic heterocycles. The molecule has 16 rings (SSSR count). The summed E-state index contributed by atoms with van der Waals surface area (Å²) in [4.78, 5) is 123. The molecular formula is C96H99FN10O22. The van der Waals surface area contributed by atoms with Gasteiger partial charge in [0.05, 0.1) is 48.0 Å². The number of ketones is 6. The van der Waals surface area contributed by atoms with Crippen molar-refractivity contribution in [1.82, 2.24) is 25.3 Å². The number of nitrogens with two attached hydrogens (primary N) is 3. The minimum absolute atomic E-state index is 0.00149. The lowest BCUT2D eigenvalue weighted by atomic mass is 9.57. The molecule has 0 saturated heterocycles. The van der Waals surface area contributed by atoms with E-state index < -0.39 is 181 Å². The molecule has 3 fully saturated rings. The molecule has 3 amide bonds. The fourth-order valence-electron chi connectivity index (χ4n) is 20.6. The molecule has 12 atom stereocenters. The van der Waals surface area contributed by atoms with Crippen LogP contribution in [0.5, 0.6) is 23.0 Å². The van der Waals surface area contributed by atoms with Crippen molar-refractivity contribution < 1.29 is 114 Å². The smallest absolute Gasteiger partial charge is 0.255 e. The number of rotatable bonds is 21. The number of aliphatic hydroxyl groups excluding tert-OH is 6. The Morgan fingerprint density at radius 2 is 0.798 bits per heavy atom. The van der Waals surface area contributed by atoms with Gasteiger partial charge in [-0.25, -0.2) is 4.39 Å². The van der Waals surface area contributed by atoms with Crippen LogP contribution >= 0.6 is 0 Å². The number of aliphatic hydroxyl groups is 9. The fraction of sp³-hybridized carbons (Fsp3) is 0.333. The van der Waals surface area contributed by atoms with Crippen LogP contribution in [0.2, 0.25) is 0 Å². The molecule has 33 heteroatoms. The molecular weight excluding hydrogens is 1660 g/mol. The highest BCUT2D eigenvalue weighted by molar-refractivity contribution is 6.27. The van der Waals surface area contributed by atoms with E-state index in [0.717, 1.165) is 39.1 Å². The fourth-order valence-corrected chi connectivity index (χ4v) is 20.6. The lowest BCUT2D eigenvalue weighted by molar-refractivity contribution is -0.155. The number of methoxy groups -OCH3 is 1. The summed E-state index contributed by atoms with van der Waals surface area (Å²) in [6.07, 6.45) is 0.946. The van der Waals surface area contributed by atoms with Gasteiger partial charge < -0.3 is 99.2 Å². The molecule has 32 nitrogen and oxygen atoms in total. The quantitative estimate of drug-likeness (QED) is 0.0267. The molecule has 7 aromatic carbocycles. The van der Waals surface area contributed by atoms with Gasteiger partial charge in [-0.05, 0) is 202 Å². The molecule has 0 radical (unpaired) electrons. The number of carbonyl (C=O) groups excluding carboxylic acids is 9. The van der Waals surface area contributed by atoms with E-state index in [-0.39, 0.29) is 95.7 Å². The largest absolute Gasteiger partial charge is 0.508 e. The predicted molar refractivity (Wildman–Crippen MR) is 469 cm³/mol. The van der Waals surface area contributed by atoms with Crippen molar-refractivity contribution in [3.05, 3.63) is 234 Å². The number of hydrogen-bond acceptors (Lipinski definition) is 29. The van der Waals surface area contributed by atoms with Crippen LogP contribution in [0.4, 0.5) is 10.1 Å². The maximum atomic E-state index is 14.1. The third-order valence-corrected chi connectivity index (χ3v) is 26.5. The number of fused-ring (bicyclic) bond motifs is 9. The number of primary amides is 3. The lowest BCUT2D eigenvalue weighted by Gasteiger charge is -2.50. The second-order valence-electron chi connectivity index (χ2n) is 34.4. The maximum Gasteiger partial charge on any atom is 0.255 e. The Morgan fingerprint density at radius 1 is 0.457 bits per heavy atom. The number of amides is 3. The summed E-state index contributed by atoms with van der Waals surface area (Å²) in [5, 5.41) is 154. The average Bonchev–Trinajstić information content (AvgIpc) is 0.706. The van der Waals surface area contributed by atoms with Crippen molar-refractivity contribution in [2.24, 2.45) is 52.7 Å². The Morgan fingerprint density at radius 3 is 1.15 bits per heavy atom. The van der Waals surface area contributed by atoms with Crippen LogP contribution in [0.1, 0.15) is 75.8 Å². The molecule has 0 heterocycles. The summed E-state index contributed by atoms with van der Waals surface area (Å²) in [6.45, 7) is 1.88. The highest BCUT2D eigenvalue weighted by atomic mass is 19.1. The highest BCUT2D eigenvalue weighted by Gasteiger charge is 2.68. The van der Waals surface area contributed by atoms with Gasteiger partial charge in [-0.3, -0.25) is 57.9 Å². The minimum Gasteiger partial charge on any atom is -0.508 e. The van der Waals surface area contributed by atoms with Crippen molar-refractivity contribution >= 4 is 75.4 Å². The van der Waals surface area contributed by atoms with E-state index in [4.69, 9.17) is 27.2 Å². The monoisotopic (exact) mass is 1760 g/mol. The zero-order valence-electron chi connectivity index (χ0n) is 71.4. The number of benzene rings is 7. The van der Waals surface area contributed by atoms with Crippen LogP contribution in [0, 0.1) is 46.8 Å². The summed E-state index contributed by atoms with van der Waals surface area (Å²) in [6, 6.07) is 38.8. The Hall–Kier alpha value is -13.7. The van der Waals surface area contributed by atoms with Crippen LogP contribution in [0.15, 0.2) is 184 Å². The highest BCUT2D eigenvalue weighted by Crippen LogP contribution is 2.59. The second kappa shape index (κ2) is 35.5. The van der Waals surface area contributed by atoms with Crippen LogP contribution < -0.4 is 37.9 Å². The number of nitrogens with one attached hydrogen (secondary N) is 3. The van der Waals surface area contributed by atoms with E-state index in [1.807, 2.05) is 91.0 Å². The molecule has 9 aliphatic carbocycles. The van der Waals surface area contributed by atoms with Crippen LogP contribution in [-0.4, -0.2) is 232 Å². The molecule has 1 unspecified atom stereocenters. The first kappa shape index (κ1) is 91.5. The minimum atomic E-state index is -2.70. The third kappa shape index (κ3) is 15.4. The number of hydrogen-bond donors (Lipinski definition) is 18. The maximum absolute atomic E-state index is 14.1. The van der Waals surface area contributed by atoms with Gasteiger partial charge in [0.25, 0.3) is 17.7 Å². The van der Waals surface area contributed by atoms with Crippen molar-refractivity contribution in [3.8, 4) is 62.4 Å². The number of phenols is 3. The number of carbonyl (C=O) groups is 9. The van der Waals surface area contributed by atoms with Gasteiger partial charge in [0.15, 0.2) is 34.2 Å². The number of anilines is 1. The topological polar surface area (TPSA) is 553 Å². The third-order valence-electron chi connectivity index (χ3n) is 26.5. The van der Waals surface area contributed by atoms with E-state index in [9.17, 15) is 109 Å². The second-order valence-corrected chi connectivity index (χ2v) is 34.4. The summed E-state index contributed by atoms with van der Waals surface area (Å²) >= 11 is 0. The number of ether oxygens (including phenoxy) is 1. The van der Waals surface area contributed by atoms with E-state index in [2.05, 4.69) is 22.0 Å². The first-order chi connectivity index (χ1) is 61.2. The van der Waals surface area contributed by atoms with Crippen LogP contribution in [0.3, 0.4) is 0 Å². The summed E-state index contributed by atoms with van der Waals surface area (Å²) < 4.78 is 18.1. The first-order valence-corrected chi connectivity index (χ1v) is 41.7. The van der Waals surface area contributed by atoms with Crippen LogP contribution in [0.25, 0.3) is 50.7 Å². The number of nitrogens with zero attached hydrogens (tertiary/aromatic N) is 4. The van der Waals surface area contributed by atoms with Gasteiger partial charge in [0.2, 0.25) is 17.3 Å². The summed E-state index contributed by atoms with van der Waals surface area (Å²) in [7, 11) is 10.9. The number of likely N-dealkylation sites (N-methyl/N-ethyl adjacent to an activating group) is 3. The molecule has 0 bridgehead atoms. The average molecular weight is 1760 g/mol. The summed E-state index contributed by atoms with van der Waals surface area (Å²) in [5.74, 6) is -20.1. The Bertz CT molecular complexity index is 6130. The molecule has 0 spiro atoms. The Labute approximate surface area is 739 Å². The van der Waals surface area contributed by atoms with Gasteiger partial charge in [-0.15, -0.1) is 0 Å². The lowest BCUT2D eigenvalue weighted by Crippen LogP contribution is -2.65.